The first-order chi connectivity index (χ1) is 18.3. The Hall–Kier alpha value is -4.39. The minimum Gasteiger partial charge on any atom is -0.450 e. The number of ether oxygens (including phenoxy) is 2. The zero-order valence-corrected chi connectivity index (χ0v) is 20.5. The average Bonchev–Trinajstić information content (AvgIpc) is 3.55. The first kappa shape index (κ1) is 25.3. The first-order valence-corrected chi connectivity index (χ1v) is 11.8. The summed E-state index contributed by atoms with van der Waals surface area (Å²) in [6.45, 7) is 5.50. The first-order valence-electron chi connectivity index (χ1n) is 11.8. The van der Waals surface area contributed by atoms with E-state index < -0.39 is 6.36 Å². The maximum Gasteiger partial charge on any atom is 0.573 e. The largest absolute Gasteiger partial charge is 0.573 e. The summed E-state index contributed by atoms with van der Waals surface area (Å²) in [6.07, 6.45) is 1.08. The van der Waals surface area contributed by atoms with E-state index in [1.807, 2.05) is 18.2 Å². The molecule has 1 saturated heterocycles. The van der Waals surface area contributed by atoms with Crippen molar-refractivity contribution in [2.45, 2.75) is 20.2 Å². The standard InChI is InChI=1S/C25H24F3N7O3/c1-3-17(38-25(26,27)28)12-15(2)18-14-21(34-33-18)31-24-30-19-13-20(16-4-6-29-7-5-16)37-22(19)23(32-24)35-8-10-36-11-9-35/h3-7,12-14H,8-11H2,1-2H3,(H2,30,31,32,33,34)/b15-12+,17-3+. The molecule has 0 bridgehead atoms. The SMILES string of the molecule is C/C=C(\C=C(/C)c1cc(Nc2nc(N3CCOCC3)c3oc(-c4ccncc4)cc3n2)[nH]n1)OC(F)(F)F. The van der Waals surface area contributed by atoms with Crippen LogP contribution in [0.1, 0.15) is 19.5 Å². The zero-order chi connectivity index (χ0) is 26.7. The van der Waals surface area contributed by atoms with Gasteiger partial charge in [0.15, 0.2) is 11.4 Å². The van der Waals surface area contributed by atoms with Gasteiger partial charge in [0.05, 0.1) is 18.9 Å². The number of morpholine rings is 1. The molecule has 4 aromatic rings. The lowest BCUT2D eigenvalue weighted by atomic mass is 10.2. The molecule has 198 valence electrons. The molecule has 0 unspecified atom stereocenters. The minimum atomic E-state index is -4.78. The van der Waals surface area contributed by atoms with Crippen molar-refractivity contribution in [1.29, 1.82) is 0 Å². The molecule has 0 amide bonds. The number of hydrogen-bond acceptors (Lipinski definition) is 9. The van der Waals surface area contributed by atoms with E-state index in [1.54, 1.807) is 25.4 Å². The highest BCUT2D eigenvalue weighted by atomic mass is 19.4. The number of aromatic nitrogens is 5. The third-order valence-electron chi connectivity index (χ3n) is 5.73. The van der Waals surface area contributed by atoms with Crippen LogP contribution in [-0.2, 0) is 9.47 Å². The van der Waals surface area contributed by atoms with E-state index in [2.05, 4.69) is 35.1 Å². The van der Waals surface area contributed by atoms with Crippen molar-refractivity contribution < 1.29 is 27.1 Å². The monoisotopic (exact) mass is 527 g/mol. The Balaban J connectivity index is 1.44. The van der Waals surface area contributed by atoms with E-state index in [-0.39, 0.29) is 5.76 Å². The van der Waals surface area contributed by atoms with Gasteiger partial charge in [0.1, 0.15) is 22.9 Å². The molecule has 0 spiro atoms. The smallest absolute Gasteiger partial charge is 0.450 e. The van der Waals surface area contributed by atoms with Crippen molar-refractivity contribution in [3.8, 4) is 11.3 Å². The normalized spacial score (nSPS) is 15.2. The molecular weight excluding hydrogens is 503 g/mol. The number of fused-ring (bicyclic) bond motifs is 1. The third-order valence-corrected chi connectivity index (χ3v) is 5.73. The number of halogens is 3. The van der Waals surface area contributed by atoms with Crippen molar-refractivity contribution in [1.82, 2.24) is 25.1 Å². The highest BCUT2D eigenvalue weighted by Gasteiger charge is 2.31. The molecule has 5 heterocycles. The fourth-order valence-corrected chi connectivity index (χ4v) is 3.92. The van der Waals surface area contributed by atoms with Crippen LogP contribution < -0.4 is 10.2 Å². The Labute approximate surface area is 215 Å². The molecule has 1 aliphatic heterocycles. The van der Waals surface area contributed by atoms with Crippen molar-refractivity contribution in [3.63, 3.8) is 0 Å². The Bertz CT molecular complexity index is 1470. The summed E-state index contributed by atoms with van der Waals surface area (Å²) in [5, 5.41) is 10.1. The summed E-state index contributed by atoms with van der Waals surface area (Å²) in [6, 6.07) is 7.18. The molecule has 2 N–H and O–H groups in total. The summed E-state index contributed by atoms with van der Waals surface area (Å²) in [5.41, 5.74) is 2.91. The molecule has 0 aromatic carbocycles. The lowest BCUT2D eigenvalue weighted by Gasteiger charge is -2.27. The topological polar surface area (TPSA) is 114 Å². The van der Waals surface area contributed by atoms with E-state index in [1.165, 1.54) is 19.1 Å². The summed E-state index contributed by atoms with van der Waals surface area (Å²) >= 11 is 0. The number of furan rings is 1. The second-order valence-electron chi connectivity index (χ2n) is 8.39. The zero-order valence-electron chi connectivity index (χ0n) is 20.5. The van der Waals surface area contributed by atoms with Crippen LogP contribution in [-0.4, -0.2) is 57.8 Å². The van der Waals surface area contributed by atoms with Gasteiger partial charge in [-0.15, -0.1) is 13.2 Å². The Kier molecular flexibility index (Phi) is 7.01. The predicted octanol–water partition coefficient (Wildman–Crippen LogP) is 5.43. The van der Waals surface area contributed by atoms with E-state index >= 15 is 0 Å². The van der Waals surface area contributed by atoms with Crippen molar-refractivity contribution in [2.75, 3.05) is 36.5 Å². The molecule has 0 atom stereocenters. The highest BCUT2D eigenvalue weighted by molar-refractivity contribution is 5.89. The molecule has 0 radical (unpaired) electrons. The van der Waals surface area contributed by atoms with Crippen LogP contribution in [0, 0.1) is 0 Å². The summed E-state index contributed by atoms with van der Waals surface area (Å²) in [5.74, 6) is 1.68. The average molecular weight is 528 g/mol. The number of aromatic amines is 1. The fourth-order valence-electron chi connectivity index (χ4n) is 3.92. The number of anilines is 3. The third kappa shape index (κ3) is 5.78. The van der Waals surface area contributed by atoms with Gasteiger partial charge in [-0.3, -0.25) is 10.1 Å². The Morgan fingerprint density at radius 1 is 1.16 bits per heavy atom. The van der Waals surface area contributed by atoms with Gasteiger partial charge in [-0.2, -0.15) is 10.1 Å². The summed E-state index contributed by atoms with van der Waals surface area (Å²) < 4.78 is 53.5. The molecule has 0 aliphatic carbocycles. The van der Waals surface area contributed by atoms with E-state index in [4.69, 9.17) is 14.1 Å². The molecule has 13 heteroatoms. The van der Waals surface area contributed by atoms with Gasteiger partial charge < -0.3 is 24.1 Å². The van der Waals surface area contributed by atoms with Crippen LogP contribution >= 0.6 is 0 Å². The fraction of sp³-hybridized carbons (Fsp3) is 0.280. The van der Waals surface area contributed by atoms with Gasteiger partial charge >= 0.3 is 6.36 Å². The second-order valence-corrected chi connectivity index (χ2v) is 8.39. The number of alkyl halides is 3. The molecule has 1 aliphatic rings. The van der Waals surface area contributed by atoms with Crippen LogP contribution in [0.3, 0.4) is 0 Å². The summed E-state index contributed by atoms with van der Waals surface area (Å²) in [7, 11) is 0. The molecule has 5 rings (SSSR count). The second kappa shape index (κ2) is 10.5. The van der Waals surface area contributed by atoms with Crippen LogP contribution in [0.25, 0.3) is 28.0 Å². The van der Waals surface area contributed by atoms with Gasteiger partial charge in [-0.25, -0.2) is 4.98 Å². The van der Waals surface area contributed by atoms with E-state index in [9.17, 15) is 13.2 Å². The van der Waals surface area contributed by atoms with Gasteiger partial charge in [0.25, 0.3) is 0 Å². The molecule has 1 fully saturated rings. The number of allylic oxidation sites excluding steroid dienone is 3. The maximum absolute atomic E-state index is 12.6. The molecule has 38 heavy (non-hydrogen) atoms. The van der Waals surface area contributed by atoms with Crippen molar-refractivity contribution in [3.05, 3.63) is 60.3 Å². The number of hydrogen-bond donors (Lipinski definition) is 2. The Morgan fingerprint density at radius 2 is 1.92 bits per heavy atom. The van der Waals surface area contributed by atoms with E-state index in [0.29, 0.717) is 72.0 Å². The minimum absolute atomic E-state index is 0.299. The summed E-state index contributed by atoms with van der Waals surface area (Å²) in [4.78, 5) is 15.5. The predicted molar refractivity (Wildman–Crippen MR) is 134 cm³/mol. The van der Waals surface area contributed by atoms with Crippen LogP contribution in [0.5, 0.6) is 0 Å². The lowest BCUT2D eigenvalue weighted by Crippen LogP contribution is -2.37. The number of pyridine rings is 1. The van der Waals surface area contributed by atoms with Crippen molar-refractivity contribution >= 4 is 34.3 Å². The maximum atomic E-state index is 12.6. The molecule has 0 saturated carbocycles. The van der Waals surface area contributed by atoms with E-state index in [0.717, 1.165) is 5.56 Å². The van der Waals surface area contributed by atoms with Gasteiger partial charge in [0.2, 0.25) is 5.95 Å². The number of H-pyrrole nitrogens is 1. The van der Waals surface area contributed by atoms with Gasteiger partial charge in [-0.1, -0.05) is 0 Å². The molecule has 10 nitrogen and oxygen atoms in total. The number of nitrogens with one attached hydrogen (secondary N) is 2. The highest BCUT2D eigenvalue weighted by Crippen LogP contribution is 2.34. The molecule has 4 aromatic heterocycles. The molecular formula is C25H24F3N7O3. The van der Waals surface area contributed by atoms with Gasteiger partial charge in [-0.05, 0) is 43.7 Å². The quantitative estimate of drug-likeness (QED) is 0.240. The van der Waals surface area contributed by atoms with Crippen molar-refractivity contribution in [2.24, 2.45) is 0 Å². The number of rotatable bonds is 7. The van der Waals surface area contributed by atoms with Crippen LogP contribution in [0.2, 0.25) is 0 Å². The lowest BCUT2D eigenvalue weighted by molar-refractivity contribution is -0.303. The number of nitrogens with zero attached hydrogens (tertiary/aromatic N) is 5. The van der Waals surface area contributed by atoms with Crippen LogP contribution in [0.4, 0.5) is 30.8 Å². The Morgan fingerprint density at radius 3 is 2.63 bits per heavy atom. The van der Waals surface area contributed by atoms with Crippen LogP contribution in [0.15, 0.2) is 59.0 Å². The van der Waals surface area contributed by atoms with Gasteiger partial charge in [0, 0.05) is 43.2 Å².